The monoisotopic (exact) mass is 449 g/mol. The molecule has 3 heterocycles. The molecule has 10 heteroatoms. The van der Waals surface area contributed by atoms with Crippen LogP contribution in [0.25, 0.3) is 11.0 Å². The number of benzene rings is 1. The number of nitrogens with one attached hydrogen (secondary N) is 2. The minimum absolute atomic E-state index is 0.154. The zero-order valence-electron chi connectivity index (χ0n) is 18.4. The molecule has 3 aromatic rings. The van der Waals surface area contributed by atoms with Gasteiger partial charge in [0.15, 0.2) is 5.65 Å². The van der Waals surface area contributed by atoms with E-state index in [1.54, 1.807) is 49.0 Å². The highest BCUT2D eigenvalue weighted by atomic mass is 16.5. The molecule has 1 aromatic carbocycles. The number of aryl methyl sites for hydroxylation is 2. The Labute approximate surface area is 189 Å². The lowest BCUT2D eigenvalue weighted by molar-refractivity contribution is -0.139. The van der Waals surface area contributed by atoms with Crippen molar-refractivity contribution in [2.45, 2.75) is 19.9 Å². The Hall–Kier alpha value is -4.21. The van der Waals surface area contributed by atoms with Crippen LogP contribution in [-0.4, -0.2) is 45.9 Å². The van der Waals surface area contributed by atoms with E-state index in [0.717, 1.165) is 11.1 Å². The van der Waals surface area contributed by atoms with Gasteiger partial charge in [-0.1, -0.05) is 30.3 Å². The van der Waals surface area contributed by atoms with E-state index in [0.29, 0.717) is 11.2 Å². The summed E-state index contributed by atoms with van der Waals surface area (Å²) in [6, 6.07) is 9.40. The smallest absolute Gasteiger partial charge is 0.340 e. The van der Waals surface area contributed by atoms with Crippen molar-refractivity contribution in [1.82, 2.24) is 25.4 Å². The number of aromatic nitrogens is 3. The third-order valence-corrected chi connectivity index (χ3v) is 5.23. The topological polar surface area (TPSA) is 124 Å². The van der Waals surface area contributed by atoms with Gasteiger partial charge in [-0.3, -0.25) is 4.68 Å². The molecule has 0 saturated heterocycles. The van der Waals surface area contributed by atoms with Crippen LogP contribution < -0.4 is 10.6 Å². The SMILES string of the molecule is CCOC(=O)C1=C(COC(=O)c2cnc3c(c2)c(C)nn3C)NC(=O)NC1c1ccccc1. The van der Waals surface area contributed by atoms with Gasteiger partial charge in [0.2, 0.25) is 0 Å². The number of rotatable bonds is 6. The van der Waals surface area contributed by atoms with Crippen LogP contribution in [0.4, 0.5) is 4.79 Å². The Morgan fingerprint density at radius 1 is 1.15 bits per heavy atom. The second kappa shape index (κ2) is 9.11. The number of hydrogen-bond donors (Lipinski definition) is 2. The van der Waals surface area contributed by atoms with E-state index in [2.05, 4.69) is 20.7 Å². The molecule has 0 bridgehead atoms. The summed E-state index contributed by atoms with van der Waals surface area (Å²) in [5, 5.41) is 10.3. The van der Waals surface area contributed by atoms with Crippen molar-refractivity contribution in [3.63, 3.8) is 0 Å². The average molecular weight is 449 g/mol. The summed E-state index contributed by atoms with van der Waals surface area (Å²) in [5.41, 5.74) is 2.64. The normalized spacial score (nSPS) is 15.7. The molecule has 10 nitrogen and oxygen atoms in total. The largest absolute Gasteiger partial charge is 0.463 e. The van der Waals surface area contributed by atoms with E-state index in [4.69, 9.17) is 9.47 Å². The van der Waals surface area contributed by atoms with Crippen LogP contribution in [0.5, 0.6) is 0 Å². The van der Waals surface area contributed by atoms with Crippen molar-refractivity contribution in [3.8, 4) is 0 Å². The molecule has 0 fully saturated rings. The summed E-state index contributed by atoms with van der Waals surface area (Å²) >= 11 is 0. The standard InChI is InChI=1S/C23H23N5O5/c1-4-32-22(30)18-17(25-23(31)26-19(18)14-8-6-5-7-9-14)12-33-21(29)15-10-16-13(2)27-28(3)20(16)24-11-15/h5-11,19H,4,12H2,1-3H3,(H2,25,26,31). The Kier molecular flexibility index (Phi) is 6.07. The van der Waals surface area contributed by atoms with Gasteiger partial charge in [0.1, 0.15) is 6.61 Å². The average Bonchev–Trinajstić information content (AvgIpc) is 3.10. The van der Waals surface area contributed by atoms with Crippen molar-refractivity contribution in [2.24, 2.45) is 7.05 Å². The van der Waals surface area contributed by atoms with Gasteiger partial charge in [0.05, 0.1) is 35.2 Å². The number of nitrogens with zero attached hydrogens (tertiary/aromatic N) is 3. The van der Waals surface area contributed by atoms with E-state index in [9.17, 15) is 14.4 Å². The van der Waals surface area contributed by atoms with Crippen molar-refractivity contribution >= 4 is 29.0 Å². The summed E-state index contributed by atoms with van der Waals surface area (Å²) < 4.78 is 12.3. The molecule has 2 amide bonds. The molecule has 1 aliphatic rings. The van der Waals surface area contributed by atoms with Crippen molar-refractivity contribution in [2.75, 3.05) is 13.2 Å². The summed E-state index contributed by atoms with van der Waals surface area (Å²) in [5.74, 6) is -1.26. The van der Waals surface area contributed by atoms with Crippen LogP contribution in [0.3, 0.4) is 0 Å². The molecule has 1 unspecified atom stereocenters. The van der Waals surface area contributed by atoms with Gasteiger partial charge >= 0.3 is 18.0 Å². The Bertz CT molecular complexity index is 1260. The highest BCUT2D eigenvalue weighted by Gasteiger charge is 2.34. The predicted octanol–water partition coefficient (Wildman–Crippen LogP) is 2.30. The molecule has 0 aliphatic carbocycles. The molecule has 0 saturated carbocycles. The van der Waals surface area contributed by atoms with Crippen molar-refractivity contribution < 1.29 is 23.9 Å². The Morgan fingerprint density at radius 3 is 2.64 bits per heavy atom. The molecule has 4 rings (SSSR count). The maximum Gasteiger partial charge on any atom is 0.340 e. The van der Waals surface area contributed by atoms with Gasteiger partial charge in [-0.2, -0.15) is 5.10 Å². The molecule has 33 heavy (non-hydrogen) atoms. The Balaban J connectivity index is 1.63. The third kappa shape index (κ3) is 4.40. The number of fused-ring (bicyclic) bond motifs is 1. The van der Waals surface area contributed by atoms with E-state index < -0.39 is 24.0 Å². The Morgan fingerprint density at radius 2 is 1.91 bits per heavy atom. The molecule has 2 N–H and O–H groups in total. The van der Waals surface area contributed by atoms with Gasteiger partial charge in [0, 0.05) is 18.6 Å². The molecule has 2 aromatic heterocycles. The molecule has 170 valence electrons. The van der Waals surface area contributed by atoms with E-state index in [1.165, 1.54) is 6.20 Å². The van der Waals surface area contributed by atoms with E-state index in [-0.39, 0.29) is 30.0 Å². The second-order valence-electron chi connectivity index (χ2n) is 7.44. The zero-order chi connectivity index (χ0) is 23.5. The fourth-order valence-electron chi connectivity index (χ4n) is 3.72. The van der Waals surface area contributed by atoms with Crippen LogP contribution in [0.15, 0.2) is 53.9 Å². The van der Waals surface area contributed by atoms with Gasteiger partial charge in [-0.25, -0.2) is 19.4 Å². The maximum atomic E-state index is 12.8. The summed E-state index contributed by atoms with van der Waals surface area (Å²) in [7, 11) is 1.77. The number of amides is 2. The first-order valence-electron chi connectivity index (χ1n) is 10.4. The zero-order valence-corrected chi connectivity index (χ0v) is 18.4. The fourth-order valence-corrected chi connectivity index (χ4v) is 3.72. The first-order valence-corrected chi connectivity index (χ1v) is 10.4. The van der Waals surface area contributed by atoms with E-state index >= 15 is 0 Å². The van der Waals surface area contributed by atoms with Gasteiger partial charge in [0.25, 0.3) is 0 Å². The van der Waals surface area contributed by atoms with Gasteiger partial charge < -0.3 is 20.1 Å². The van der Waals surface area contributed by atoms with Crippen molar-refractivity contribution in [1.29, 1.82) is 0 Å². The lowest BCUT2D eigenvalue weighted by atomic mass is 9.95. The second-order valence-corrected chi connectivity index (χ2v) is 7.44. The molecule has 1 atom stereocenters. The molecule has 0 spiro atoms. The molecule has 0 radical (unpaired) electrons. The summed E-state index contributed by atoms with van der Waals surface area (Å²) in [6.07, 6.45) is 1.40. The summed E-state index contributed by atoms with van der Waals surface area (Å²) in [6.45, 7) is 3.34. The number of urea groups is 1. The van der Waals surface area contributed by atoms with Crippen LogP contribution in [0, 0.1) is 6.92 Å². The maximum absolute atomic E-state index is 12.8. The minimum atomic E-state index is -0.747. The van der Waals surface area contributed by atoms with Crippen molar-refractivity contribution in [3.05, 3.63) is 70.7 Å². The fraction of sp³-hybridized carbons (Fsp3) is 0.261. The van der Waals surface area contributed by atoms with Crippen LogP contribution in [-0.2, 0) is 21.3 Å². The number of carbonyl (C=O) groups is 3. The first kappa shape index (κ1) is 22.0. The number of esters is 2. The van der Waals surface area contributed by atoms with Gasteiger partial charge in [-0.15, -0.1) is 0 Å². The quantitative estimate of drug-likeness (QED) is 0.553. The lowest BCUT2D eigenvalue weighted by Crippen LogP contribution is -2.47. The first-order chi connectivity index (χ1) is 15.9. The predicted molar refractivity (Wildman–Crippen MR) is 118 cm³/mol. The van der Waals surface area contributed by atoms with Crippen LogP contribution in [0.1, 0.15) is 34.6 Å². The van der Waals surface area contributed by atoms with Gasteiger partial charge in [-0.05, 0) is 25.5 Å². The van der Waals surface area contributed by atoms with Crippen LogP contribution >= 0.6 is 0 Å². The highest BCUT2D eigenvalue weighted by molar-refractivity contribution is 5.96. The number of hydrogen-bond acceptors (Lipinski definition) is 7. The minimum Gasteiger partial charge on any atom is -0.463 e. The number of carbonyl (C=O) groups excluding carboxylic acids is 3. The number of pyridine rings is 1. The number of ether oxygens (including phenoxy) is 2. The third-order valence-electron chi connectivity index (χ3n) is 5.23. The highest BCUT2D eigenvalue weighted by Crippen LogP contribution is 2.28. The molecular weight excluding hydrogens is 426 g/mol. The van der Waals surface area contributed by atoms with Crippen LogP contribution in [0.2, 0.25) is 0 Å². The molecular formula is C23H23N5O5. The molecule has 1 aliphatic heterocycles. The lowest BCUT2D eigenvalue weighted by Gasteiger charge is -2.29. The summed E-state index contributed by atoms with van der Waals surface area (Å²) in [4.78, 5) is 42.1. The van der Waals surface area contributed by atoms with E-state index in [1.807, 2.05) is 13.0 Å².